The van der Waals surface area contributed by atoms with E-state index >= 15 is 0 Å². The molecule has 1 aliphatic heterocycles. The standard InChI is InChI=1S/C18H25N3O2/c19-10-8-18(22)20-11-9-16-4-6-17(7-5-16)23-15-14-21-12-2-1-3-13-21/h4-7H,1-3,8-9,11-15H2,(H,20,22). The molecule has 1 saturated heterocycles. The minimum absolute atomic E-state index is 0.0796. The number of rotatable bonds is 8. The number of ether oxygens (including phenoxy) is 1. The Morgan fingerprint density at radius 3 is 2.65 bits per heavy atom. The molecule has 1 heterocycles. The molecule has 1 aliphatic rings. The Morgan fingerprint density at radius 1 is 1.22 bits per heavy atom. The molecule has 0 aromatic heterocycles. The molecule has 23 heavy (non-hydrogen) atoms. The van der Waals surface area contributed by atoms with E-state index in [9.17, 15) is 4.79 Å². The van der Waals surface area contributed by atoms with E-state index in [0.29, 0.717) is 6.54 Å². The zero-order chi connectivity index (χ0) is 16.3. The van der Waals surface area contributed by atoms with Crippen LogP contribution in [0.4, 0.5) is 0 Å². The zero-order valence-corrected chi connectivity index (χ0v) is 13.6. The third-order valence-electron chi connectivity index (χ3n) is 4.02. The molecule has 1 amide bonds. The molecule has 0 atom stereocenters. The summed E-state index contributed by atoms with van der Waals surface area (Å²) in [6.45, 7) is 4.66. The lowest BCUT2D eigenvalue weighted by molar-refractivity contribution is -0.120. The minimum Gasteiger partial charge on any atom is -0.492 e. The number of nitrogens with one attached hydrogen (secondary N) is 1. The molecule has 0 unspecified atom stereocenters. The minimum atomic E-state index is -0.217. The van der Waals surface area contributed by atoms with Crippen LogP contribution in [0.1, 0.15) is 31.2 Å². The van der Waals surface area contributed by atoms with Gasteiger partial charge in [0.15, 0.2) is 0 Å². The normalized spacial score (nSPS) is 14.9. The summed E-state index contributed by atoms with van der Waals surface area (Å²) in [6, 6.07) is 9.83. The van der Waals surface area contributed by atoms with Crippen LogP contribution in [0.25, 0.3) is 0 Å². The number of piperidine rings is 1. The van der Waals surface area contributed by atoms with Crippen LogP contribution >= 0.6 is 0 Å². The first-order valence-corrected chi connectivity index (χ1v) is 8.35. The smallest absolute Gasteiger partial charge is 0.234 e. The second kappa shape index (κ2) is 9.86. The average Bonchev–Trinajstić information content (AvgIpc) is 2.57. The number of hydrogen-bond donors (Lipinski definition) is 1. The molecule has 1 N–H and O–H groups in total. The number of hydrogen-bond acceptors (Lipinski definition) is 4. The predicted octanol–water partition coefficient (Wildman–Crippen LogP) is 2.12. The van der Waals surface area contributed by atoms with E-state index in [1.807, 2.05) is 30.3 Å². The topological polar surface area (TPSA) is 65.4 Å². The number of likely N-dealkylation sites (tertiary alicyclic amines) is 1. The fraction of sp³-hybridized carbons (Fsp3) is 0.556. The lowest BCUT2D eigenvalue weighted by Gasteiger charge is -2.26. The van der Waals surface area contributed by atoms with E-state index < -0.39 is 0 Å². The molecule has 0 spiro atoms. The third-order valence-corrected chi connectivity index (χ3v) is 4.02. The van der Waals surface area contributed by atoms with Gasteiger partial charge in [-0.2, -0.15) is 5.26 Å². The lowest BCUT2D eigenvalue weighted by atomic mass is 10.1. The molecular weight excluding hydrogens is 290 g/mol. The van der Waals surface area contributed by atoms with Gasteiger partial charge in [0, 0.05) is 13.1 Å². The first-order valence-electron chi connectivity index (χ1n) is 8.35. The Labute approximate surface area is 138 Å². The van der Waals surface area contributed by atoms with Gasteiger partial charge in [-0.25, -0.2) is 0 Å². The maximum atomic E-state index is 11.2. The number of nitrogens with zero attached hydrogens (tertiary/aromatic N) is 2. The highest BCUT2D eigenvalue weighted by atomic mass is 16.5. The van der Waals surface area contributed by atoms with E-state index in [0.717, 1.165) is 30.9 Å². The van der Waals surface area contributed by atoms with Crippen molar-refractivity contribution in [1.29, 1.82) is 5.26 Å². The molecule has 1 aromatic rings. The predicted molar refractivity (Wildman–Crippen MR) is 89.2 cm³/mol. The van der Waals surface area contributed by atoms with Crippen LogP contribution in [0.15, 0.2) is 24.3 Å². The molecule has 1 fully saturated rings. The van der Waals surface area contributed by atoms with Gasteiger partial charge in [0.05, 0.1) is 6.07 Å². The summed E-state index contributed by atoms with van der Waals surface area (Å²) >= 11 is 0. The van der Waals surface area contributed by atoms with Crippen molar-refractivity contribution in [3.8, 4) is 11.8 Å². The van der Waals surface area contributed by atoms with Crippen LogP contribution in [0.5, 0.6) is 5.75 Å². The lowest BCUT2D eigenvalue weighted by Crippen LogP contribution is -2.33. The number of benzene rings is 1. The second-order valence-corrected chi connectivity index (χ2v) is 5.83. The van der Waals surface area contributed by atoms with Crippen molar-refractivity contribution >= 4 is 5.91 Å². The summed E-state index contributed by atoms with van der Waals surface area (Å²) < 4.78 is 5.79. The molecule has 0 bridgehead atoms. The van der Waals surface area contributed by atoms with Crippen LogP contribution in [0, 0.1) is 11.3 Å². The third kappa shape index (κ3) is 6.70. The Hall–Kier alpha value is -2.06. The highest BCUT2D eigenvalue weighted by molar-refractivity contribution is 5.77. The number of carbonyl (C=O) groups excluding carboxylic acids is 1. The van der Waals surface area contributed by atoms with Gasteiger partial charge in [-0.3, -0.25) is 9.69 Å². The average molecular weight is 315 g/mol. The monoisotopic (exact) mass is 315 g/mol. The van der Waals surface area contributed by atoms with Gasteiger partial charge in [0.2, 0.25) is 5.91 Å². The van der Waals surface area contributed by atoms with Crippen LogP contribution in [-0.4, -0.2) is 43.6 Å². The summed E-state index contributed by atoms with van der Waals surface area (Å²) in [5.41, 5.74) is 1.14. The van der Waals surface area contributed by atoms with Crippen molar-refractivity contribution in [1.82, 2.24) is 10.2 Å². The first-order chi connectivity index (χ1) is 11.3. The van der Waals surface area contributed by atoms with Gasteiger partial charge in [-0.1, -0.05) is 18.6 Å². The largest absolute Gasteiger partial charge is 0.492 e. The maximum absolute atomic E-state index is 11.2. The second-order valence-electron chi connectivity index (χ2n) is 5.83. The Morgan fingerprint density at radius 2 is 1.96 bits per heavy atom. The fourth-order valence-electron chi connectivity index (χ4n) is 2.71. The van der Waals surface area contributed by atoms with E-state index in [-0.39, 0.29) is 12.3 Å². The molecule has 5 nitrogen and oxygen atoms in total. The van der Waals surface area contributed by atoms with Crippen LogP contribution in [0.2, 0.25) is 0 Å². The quantitative estimate of drug-likeness (QED) is 0.798. The van der Waals surface area contributed by atoms with Gasteiger partial charge < -0.3 is 10.1 Å². The van der Waals surface area contributed by atoms with Gasteiger partial charge in [0.25, 0.3) is 0 Å². The van der Waals surface area contributed by atoms with Crippen LogP contribution < -0.4 is 10.1 Å². The fourth-order valence-corrected chi connectivity index (χ4v) is 2.71. The van der Waals surface area contributed by atoms with Gasteiger partial charge >= 0.3 is 0 Å². The summed E-state index contributed by atoms with van der Waals surface area (Å²) in [5.74, 6) is 0.671. The molecule has 1 aromatic carbocycles. The Kier molecular flexibility index (Phi) is 7.41. The van der Waals surface area contributed by atoms with Crippen LogP contribution in [-0.2, 0) is 11.2 Å². The number of amides is 1. The highest BCUT2D eigenvalue weighted by Crippen LogP contribution is 2.13. The van der Waals surface area contributed by atoms with Crippen molar-refractivity contribution in [2.75, 3.05) is 32.8 Å². The van der Waals surface area contributed by atoms with Crippen molar-refractivity contribution in [3.63, 3.8) is 0 Å². The van der Waals surface area contributed by atoms with Gasteiger partial charge in [0.1, 0.15) is 18.8 Å². The van der Waals surface area contributed by atoms with E-state index in [1.54, 1.807) is 0 Å². The molecular formula is C18H25N3O2. The number of nitriles is 1. The molecule has 0 radical (unpaired) electrons. The van der Waals surface area contributed by atoms with E-state index in [4.69, 9.17) is 10.00 Å². The van der Waals surface area contributed by atoms with Gasteiger partial charge in [-0.05, 0) is 50.0 Å². The zero-order valence-electron chi connectivity index (χ0n) is 13.6. The molecule has 0 saturated carbocycles. The van der Waals surface area contributed by atoms with E-state index in [2.05, 4.69) is 10.2 Å². The summed E-state index contributed by atoms with van der Waals surface area (Å²) in [6.07, 6.45) is 4.64. The van der Waals surface area contributed by atoms with Crippen molar-refractivity contribution < 1.29 is 9.53 Å². The summed E-state index contributed by atoms with van der Waals surface area (Å²) in [4.78, 5) is 13.6. The molecule has 2 rings (SSSR count). The first kappa shape index (κ1) is 17.3. The van der Waals surface area contributed by atoms with Gasteiger partial charge in [-0.15, -0.1) is 0 Å². The van der Waals surface area contributed by atoms with Crippen LogP contribution in [0.3, 0.4) is 0 Å². The molecule has 5 heteroatoms. The maximum Gasteiger partial charge on any atom is 0.234 e. The van der Waals surface area contributed by atoms with Crippen molar-refractivity contribution in [2.24, 2.45) is 0 Å². The Bertz CT molecular complexity index is 516. The molecule has 124 valence electrons. The molecule has 0 aliphatic carbocycles. The number of carbonyl (C=O) groups is 1. The van der Waals surface area contributed by atoms with Crippen molar-refractivity contribution in [2.45, 2.75) is 32.1 Å². The highest BCUT2D eigenvalue weighted by Gasteiger charge is 2.09. The van der Waals surface area contributed by atoms with E-state index in [1.165, 1.54) is 32.4 Å². The summed E-state index contributed by atoms with van der Waals surface area (Å²) in [5, 5.41) is 11.1. The van der Waals surface area contributed by atoms with Crippen molar-refractivity contribution in [3.05, 3.63) is 29.8 Å². The summed E-state index contributed by atoms with van der Waals surface area (Å²) in [7, 11) is 0. The SMILES string of the molecule is N#CCC(=O)NCCc1ccc(OCCN2CCCCC2)cc1. The Balaban J connectivity index is 1.63.